The highest BCUT2D eigenvalue weighted by Crippen LogP contribution is 2.26. The number of benzene rings is 1. The first-order valence-electron chi connectivity index (χ1n) is 6.84. The van der Waals surface area contributed by atoms with E-state index in [4.69, 9.17) is 0 Å². The molecule has 1 aromatic carbocycles. The van der Waals surface area contributed by atoms with Gasteiger partial charge in [-0.25, -0.2) is 9.37 Å². The summed E-state index contributed by atoms with van der Waals surface area (Å²) < 4.78 is 13.5. The molecule has 1 amide bonds. The first-order valence-corrected chi connectivity index (χ1v) is 7.72. The van der Waals surface area contributed by atoms with Gasteiger partial charge in [-0.3, -0.25) is 4.79 Å². The van der Waals surface area contributed by atoms with E-state index < -0.39 is 0 Å². The second kappa shape index (κ2) is 8.59. The lowest BCUT2D eigenvalue weighted by molar-refractivity contribution is 0.0638. The Hall–Kier alpha value is -1.21. The zero-order valence-electron chi connectivity index (χ0n) is 12.5. The van der Waals surface area contributed by atoms with Crippen molar-refractivity contribution in [3.8, 4) is 0 Å². The molecule has 0 aliphatic carbocycles. The number of halogens is 3. The number of aryl methyl sites for hydroxylation is 1. The topological polar surface area (TPSA) is 45.2 Å². The van der Waals surface area contributed by atoms with E-state index in [1.807, 2.05) is 17.9 Å². The highest BCUT2D eigenvalue weighted by molar-refractivity contribution is 7.11. The average Bonchev–Trinajstić information content (AvgIpc) is 2.93. The van der Waals surface area contributed by atoms with Crippen molar-refractivity contribution in [2.45, 2.75) is 13.0 Å². The van der Waals surface area contributed by atoms with E-state index in [1.165, 1.54) is 23.5 Å². The molecule has 1 aliphatic rings. The lowest BCUT2D eigenvalue weighted by Crippen LogP contribution is -2.48. The van der Waals surface area contributed by atoms with Crippen LogP contribution in [0.5, 0.6) is 0 Å². The number of nitrogens with one attached hydrogen (secondary N) is 1. The Labute approximate surface area is 150 Å². The number of carbonyl (C=O) groups excluding carboxylic acids is 1. The van der Waals surface area contributed by atoms with Gasteiger partial charge in [-0.1, -0.05) is 12.1 Å². The SMILES string of the molecule is Cc1ncsc1C(=O)N1CCNCC1c1cccc(F)c1.Cl.Cl. The van der Waals surface area contributed by atoms with Crippen molar-refractivity contribution in [3.05, 3.63) is 51.7 Å². The van der Waals surface area contributed by atoms with Crippen LogP contribution in [-0.4, -0.2) is 35.4 Å². The zero-order valence-corrected chi connectivity index (χ0v) is 14.9. The second-order valence-electron chi connectivity index (χ2n) is 5.04. The molecule has 1 unspecified atom stereocenters. The number of hydrogen-bond donors (Lipinski definition) is 1. The van der Waals surface area contributed by atoms with Gasteiger partial charge in [0.05, 0.1) is 17.2 Å². The highest BCUT2D eigenvalue weighted by atomic mass is 35.5. The van der Waals surface area contributed by atoms with Crippen LogP contribution >= 0.6 is 36.2 Å². The molecule has 1 N–H and O–H groups in total. The van der Waals surface area contributed by atoms with Gasteiger partial charge in [-0.05, 0) is 24.6 Å². The van der Waals surface area contributed by atoms with Crippen LogP contribution in [0.4, 0.5) is 4.39 Å². The Morgan fingerprint density at radius 1 is 1.43 bits per heavy atom. The van der Waals surface area contributed by atoms with Gasteiger partial charge in [-0.15, -0.1) is 36.2 Å². The van der Waals surface area contributed by atoms with Crippen LogP contribution in [0, 0.1) is 12.7 Å². The smallest absolute Gasteiger partial charge is 0.266 e. The van der Waals surface area contributed by atoms with E-state index in [0.717, 1.165) is 17.8 Å². The molecule has 0 saturated carbocycles. The summed E-state index contributed by atoms with van der Waals surface area (Å²) in [5.74, 6) is -0.301. The minimum atomic E-state index is -0.278. The fourth-order valence-corrected chi connectivity index (χ4v) is 3.35. The molecule has 0 radical (unpaired) electrons. The summed E-state index contributed by atoms with van der Waals surface area (Å²) in [4.78, 5) is 19.3. The van der Waals surface area contributed by atoms with Crippen molar-refractivity contribution in [3.63, 3.8) is 0 Å². The minimum Gasteiger partial charge on any atom is -0.328 e. The summed E-state index contributed by atoms with van der Waals surface area (Å²) in [5.41, 5.74) is 3.25. The van der Waals surface area contributed by atoms with Gasteiger partial charge in [-0.2, -0.15) is 0 Å². The first kappa shape index (κ1) is 19.8. The van der Waals surface area contributed by atoms with E-state index >= 15 is 0 Å². The van der Waals surface area contributed by atoms with Gasteiger partial charge in [0.25, 0.3) is 5.91 Å². The third-order valence-corrected chi connectivity index (χ3v) is 4.59. The van der Waals surface area contributed by atoms with Gasteiger partial charge in [0.1, 0.15) is 10.7 Å². The number of thiazole rings is 1. The molecule has 1 aromatic heterocycles. The molecular weight excluding hydrogens is 360 g/mol. The molecule has 0 spiro atoms. The summed E-state index contributed by atoms with van der Waals surface area (Å²) in [5, 5.41) is 3.27. The van der Waals surface area contributed by atoms with Crippen molar-refractivity contribution < 1.29 is 9.18 Å². The molecule has 1 atom stereocenters. The third kappa shape index (κ3) is 4.20. The summed E-state index contributed by atoms with van der Waals surface area (Å²) in [6.45, 7) is 3.82. The number of amides is 1. The number of nitrogens with zero attached hydrogens (tertiary/aromatic N) is 2. The van der Waals surface area contributed by atoms with Crippen LogP contribution in [0.25, 0.3) is 0 Å². The van der Waals surface area contributed by atoms with Crippen molar-refractivity contribution in [2.24, 2.45) is 0 Å². The molecule has 8 heteroatoms. The zero-order chi connectivity index (χ0) is 14.8. The maximum Gasteiger partial charge on any atom is 0.266 e. The lowest BCUT2D eigenvalue weighted by atomic mass is 10.0. The van der Waals surface area contributed by atoms with Gasteiger partial charge < -0.3 is 10.2 Å². The Bertz CT molecular complexity index is 668. The van der Waals surface area contributed by atoms with Crippen molar-refractivity contribution in [1.82, 2.24) is 15.2 Å². The Morgan fingerprint density at radius 3 is 2.87 bits per heavy atom. The van der Waals surface area contributed by atoms with Crippen molar-refractivity contribution in [1.29, 1.82) is 0 Å². The predicted octanol–water partition coefficient (Wildman–Crippen LogP) is 3.22. The Morgan fingerprint density at radius 2 is 2.22 bits per heavy atom. The van der Waals surface area contributed by atoms with Crippen LogP contribution in [0.2, 0.25) is 0 Å². The van der Waals surface area contributed by atoms with Crippen LogP contribution in [0.15, 0.2) is 29.8 Å². The van der Waals surface area contributed by atoms with Crippen LogP contribution in [0.3, 0.4) is 0 Å². The summed E-state index contributed by atoms with van der Waals surface area (Å²) in [6.07, 6.45) is 0. The van der Waals surface area contributed by atoms with E-state index in [2.05, 4.69) is 10.3 Å². The molecule has 2 aromatic rings. The van der Waals surface area contributed by atoms with Gasteiger partial charge in [0.2, 0.25) is 0 Å². The monoisotopic (exact) mass is 377 g/mol. The predicted molar refractivity (Wildman–Crippen MR) is 94.4 cm³/mol. The number of hydrogen-bond acceptors (Lipinski definition) is 4. The normalized spacial score (nSPS) is 17.1. The number of carbonyl (C=O) groups is 1. The summed E-state index contributed by atoms with van der Waals surface area (Å²) in [6, 6.07) is 6.31. The van der Waals surface area contributed by atoms with E-state index in [9.17, 15) is 9.18 Å². The molecule has 126 valence electrons. The second-order valence-corrected chi connectivity index (χ2v) is 5.90. The Balaban J connectivity index is 0.00000132. The van der Waals surface area contributed by atoms with Crippen LogP contribution < -0.4 is 5.32 Å². The summed E-state index contributed by atoms with van der Waals surface area (Å²) in [7, 11) is 0. The number of rotatable bonds is 2. The average molecular weight is 378 g/mol. The minimum absolute atomic E-state index is 0. The molecule has 3 rings (SSSR count). The van der Waals surface area contributed by atoms with Gasteiger partial charge in [0.15, 0.2) is 0 Å². The lowest BCUT2D eigenvalue weighted by Gasteiger charge is -2.36. The van der Waals surface area contributed by atoms with Gasteiger partial charge in [0, 0.05) is 19.6 Å². The molecule has 1 aliphatic heterocycles. The molecule has 1 fully saturated rings. The maximum absolute atomic E-state index is 13.5. The highest BCUT2D eigenvalue weighted by Gasteiger charge is 2.30. The summed E-state index contributed by atoms with van der Waals surface area (Å²) >= 11 is 1.35. The van der Waals surface area contributed by atoms with Crippen LogP contribution in [-0.2, 0) is 0 Å². The number of aromatic nitrogens is 1. The standard InChI is InChI=1S/C15H16FN3OS.2ClH/c1-10-14(21-9-18-10)15(20)19-6-5-17-8-13(19)11-3-2-4-12(16)7-11;;/h2-4,7,9,13,17H,5-6,8H2,1H3;2*1H. The molecule has 0 bridgehead atoms. The van der Waals surface area contributed by atoms with Gasteiger partial charge >= 0.3 is 0 Å². The van der Waals surface area contributed by atoms with Crippen LogP contribution in [0.1, 0.15) is 27.0 Å². The molecular formula is C15H18Cl2FN3OS. The van der Waals surface area contributed by atoms with E-state index in [1.54, 1.807) is 11.6 Å². The molecule has 1 saturated heterocycles. The fourth-order valence-electron chi connectivity index (χ4n) is 2.60. The first-order chi connectivity index (χ1) is 10.2. The van der Waals surface area contributed by atoms with E-state index in [0.29, 0.717) is 18.0 Å². The van der Waals surface area contributed by atoms with Crippen molar-refractivity contribution >= 4 is 42.1 Å². The number of piperazine rings is 1. The largest absolute Gasteiger partial charge is 0.328 e. The van der Waals surface area contributed by atoms with E-state index in [-0.39, 0.29) is 42.6 Å². The quantitative estimate of drug-likeness (QED) is 0.873. The van der Waals surface area contributed by atoms with Crippen molar-refractivity contribution in [2.75, 3.05) is 19.6 Å². The molecule has 4 nitrogen and oxygen atoms in total. The fraction of sp³-hybridized carbons (Fsp3) is 0.333. The Kier molecular flexibility index (Phi) is 7.41. The molecule has 2 heterocycles. The molecule has 23 heavy (non-hydrogen) atoms. The maximum atomic E-state index is 13.5. The third-order valence-electron chi connectivity index (χ3n) is 3.68.